The molecule has 0 aliphatic carbocycles. The average molecular weight is 378 g/mol. The number of hydrazine groups is 1. The molecule has 0 atom stereocenters. The summed E-state index contributed by atoms with van der Waals surface area (Å²) in [6.45, 7) is -0.312. The molecule has 3 aromatic carbocycles. The Labute approximate surface area is 161 Å². The lowest BCUT2D eigenvalue weighted by atomic mass is 10.0. The minimum atomic E-state index is -0.800. The van der Waals surface area contributed by atoms with E-state index in [4.69, 9.17) is 10.6 Å². The zero-order chi connectivity index (χ0) is 19.9. The van der Waals surface area contributed by atoms with Crippen LogP contribution in [0.2, 0.25) is 0 Å². The number of Topliss-reactive ketones (excluding diaryl/α,β-unsaturated/α-hetero) is 1. The number of ketones is 1. The fourth-order valence-corrected chi connectivity index (χ4v) is 2.84. The van der Waals surface area contributed by atoms with Crippen molar-refractivity contribution in [3.05, 3.63) is 107 Å². The summed E-state index contributed by atoms with van der Waals surface area (Å²) >= 11 is 0. The van der Waals surface area contributed by atoms with Gasteiger partial charge in [0.05, 0.1) is 5.56 Å². The van der Waals surface area contributed by atoms with Gasteiger partial charge in [0.25, 0.3) is 5.91 Å². The molecule has 0 aliphatic heterocycles. The molecule has 3 N–H and O–H groups in total. The minimum absolute atomic E-state index is 0.0314. The monoisotopic (exact) mass is 378 g/mol. The maximum absolute atomic E-state index is 14.3. The molecule has 0 bridgehead atoms. The Bertz CT molecular complexity index is 923. The minimum Gasteiger partial charge on any atom is -0.361 e. The lowest BCUT2D eigenvalue weighted by molar-refractivity contribution is 0.0587. The first kappa shape index (κ1) is 19.4. The number of benzene rings is 3. The van der Waals surface area contributed by atoms with E-state index in [-0.39, 0.29) is 17.7 Å². The first-order chi connectivity index (χ1) is 13.6. The molecule has 0 spiro atoms. The van der Waals surface area contributed by atoms with Crippen LogP contribution < -0.4 is 11.3 Å². The van der Waals surface area contributed by atoms with E-state index in [1.807, 2.05) is 66.1 Å². The number of hydrogen-bond acceptors (Lipinski definition) is 4. The number of amides is 1. The van der Waals surface area contributed by atoms with Crippen molar-refractivity contribution in [1.82, 2.24) is 5.43 Å². The van der Waals surface area contributed by atoms with Crippen LogP contribution in [0.15, 0.2) is 78.9 Å². The largest absolute Gasteiger partial charge is 0.361 e. The van der Waals surface area contributed by atoms with Crippen LogP contribution in [0.1, 0.15) is 37.9 Å². The standard InChI is InChI=1S/C22H19FN2O3/c23-19-13-17(22(27)25-24)11-12-18(19)20(26)14-28-21(15-7-3-1-4-8-15)16-9-5-2-6-10-16/h1-13,21H,14,24H2,(H,25,27). The van der Waals surface area contributed by atoms with E-state index in [1.165, 1.54) is 12.1 Å². The number of ether oxygens (including phenoxy) is 1. The van der Waals surface area contributed by atoms with Crippen LogP contribution in [-0.2, 0) is 4.74 Å². The fourth-order valence-electron chi connectivity index (χ4n) is 2.84. The number of halogens is 1. The van der Waals surface area contributed by atoms with Crippen molar-refractivity contribution in [1.29, 1.82) is 0 Å². The molecule has 1 amide bonds. The number of carbonyl (C=O) groups excluding carboxylic acids is 2. The molecule has 0 saturated carbocycles. The van der Waals surface area contributed by atoms with Gasteiger partial charge in [-0.3, -0.25) is 15.0 Å². The quantitative estimate of drug-likeness (QED) is 0.286. The van der Waals surface area contributed by atoms with Crippen LogP contribution >= 0.6 is 0 Å². The van der Waals surface area contributed by atoms with Gasteiger partial charge in [0, 0.05) is 5.56 Å². The molecular weight excluding hydrogens is 359 g/mol. The molecule has 0 heterocycles. The van der Waals surface area contributed by atoms with E-state index in [1.54, 1.807) is 0 Å². The fraction of sp³-hybridized carbons (Fsp3) is 0.0909. The predicted molar refractivity (Wildman–Crippen MR) is 103 cm³/mol. The molecule has 0 fully saturated rings. The summed E-state index contributed by atoms with van der Waals surface area (Å²) in [7, 11) is 0. The maximum atomic E-state index is 14.3. The lowest BCUT2D eigenvalue weighted by Crippen LogP contribution is -2.30. The normalized spacial score (nSPS) is 10.7. The lowest BCUT2D eigenvalue weighted by Gasteiger charge is -2.18. The van der Waals surface area contributed by atoms with Gasteiger partial charge < -0.3 is 4.74 Å². The van der Waals surface area contributed by atoms with Crippen molar-refractivity contribution in [2.45, 2.75) is 6.10 Å². The molecule has 0 radical (unpaired) electrons. The summed E-state index contributed by atoms with van der Waals surface area (Å²) in [6, 6.07) is 22.5. The third kappa shape index (κ3) is 4.49. The highest BCUT2D eigenvalue weighted by molar-refractivity contribution is 5.99. The molecule has 0 unspecified atom stereocenters. The van der Waals surface area contributed by atoms with Crippen molar-refractivity contribution >= 4 is 11.7 Å². The van der Waals surface area contributed by atoms with Gasteiger partial charge in [0.1, 0.15) is 18.5 Å². The van der Waals surface area contributed by atoms with Crippen LogP contribution in [0, 0.1) is 5.82 Å². The van der Waals surface area contributed by atoms with E-state index in [9.17, 15) is 14.0 Å². The molecule has 6 heteroatoms. The van der Waals surface area contributed by atoms with Crippen molar-refractivity contribution in [3.63, 3.8) is 0 Å². The third-order valence-corrected chi connectivity index (χ3v) is 4.25. The van der Waals surface area contributed by atoms with Crippen molar-refractivity contribution < 1.29 is 18.7 Å². The van der Waals surface area contributed by atoms with E-state index in [0.29, 0.717) is 0 Å². The van der Waals surface area contributed by atoms with E-state index in [2.05, 4.69) is 0 Å². The summed E-state index contributed by atoms with van der Waals surface area (Å²) in [5, 5.41) is 0. The summed E-state index contributed by atoms with van der Waals surface area (Å²) in [4.78, 5) is 24.0. The molecule has 0 aliphatic rings. The smallest absolute Gasteiger partial charge is 0.265 e. The van der Waals surface area contributed by atoms with Gasteiger partial charge in [-0.1, -0.05) is 60.7 Å². The Balaban J connectivity index is 1.78. The zero-order valence-corrected chi connectivity index (χ0v) is 15.0. The average Bonchev–Trinajstić information content (AvgIpc) is 2.74. The molecule has 0 saturated heterocycles. The van der Waals surface area contributed by atoms with E-state index in [0.717, 1.165) is 17.2 Å². The number of rotatable bonds is 7. The molecule has 5 nitrogen and oxygen atoms in total. The van der Waals surface area contributed by atoms with Gasteiger partial charge >= 0.3 is 0 Å². The van der Waals surface area contributed by atoms with Gasteiger partial charge in [-0.2, -0.15) is 0 Å². The zero-order valence-electron chi connectivity index (χ0n) is 15.0. The number of nitrogens with one attached hydrogen (secondary N) is 1. The summed E-state index contributed by atoms with van der Waals surface area (Å²) in [5.41, 5.74) is 3.58. The highest BCUT2D eigenvalue weighted by atomic mass is 19.1. The van der Waals surface area contributed by atoms with Crippen molar-refractivity contribution in [3.8, 4) is 0 Å². The highest BCUT2D eigenvalue weighted by Crippen LogP contribution is 2.26. The maximum Gasteiger partial charge on any atom is 0.265 e. The van der Waals surface area contributed by atoms with Crippen LogP contribution in [0.3, 0.4) is 0 Å². The second-order valence-corrected chi connectivity index (χ2v) is 6.10. The number of nitrogens with two attached hydrogens (primary N) is 1. The second-order valence-electron chi connectivity index (χ2n) is 6.10. The third-order valence-electron chi connectivity index (χ3n) is 4.25. The Morgan fingerprint density at radius 1 is 0.929 bits per heavy atom. The van der Waals surface area contributed by atoms with Gasteiger partial charge in [-0.25, -0.2) is 10.2 Å². The molecule has 3 rings (SSSR count). The Morgan fingerprint density at radius 3 is 2.00 bits per heavy atom. The van der Waals surface area contributed by atoms with Gasteiger partial charge in [-0.05, 0) is 29.3 Å². The van der Waals surface area contributed by atoms with Crippen molar-refractivity contribution in [2.24, 2.45) is 5.84 Å². The molecule has 0 aromatic heterocycles. The highest BCUT2D eigenvalue weighted by Gasteiger charge is 2.19. The Kier molecular flexibility index (Phi) is 6.26. The van der Waals surface area contributed by atoms with E-state index >= 15 is 0 Å². The number of hydrogen-bond donors (Lipinski definition) is 2. The first-order valence-corrected chi connectivity index (χ1v) is 8.65. The van der Waals surface area contributed by atoms with Crippen LogP contribution in [0.25, 0.3) is 0 Å². The molecule has 142 valence electrons. The second kappa shape index (κ2) is 9.03. The van der Waals surface area contributed by atoms with Gasteiger partial charge in [0.2, 0.25) is 0 Å². The Morgan fingerprint density at radius 2 is 1.50 bits per heavy atom. The van der Waals surface area contributed by atoms with Crippen LogP contribution in [0.4, 0.5) is 4.39 Å². The van der Waals surface area contributed by atoms with Crippen molar-refractivity contribution in [2.75, 3.05) is 6.61 Å². The predicted octanol–water partition coefficient (Wildman–Crippen LogP) is 3.42. The van der Waals surface area contributed by atoms with Gasteiger partial charge in [-0.15, -0.1) is 0 Å². The topological polar surface area (TPSA) is 81.4 Å². The summed E-state index contributed by atoms with van der Waals surface area (Å²) in [5.74, 6) is 3.08. The number of carbonyl (C=O) groups is 2. The number of nitrogen functional groups attached to an aromatic ring is 1. The molecule has 3 aromatic rings. The first-order valence-electron chi connectivity index (χ1n) is 8.65. The summed E-state index contributed by atoms with van der Waals surface area (Å²) < 4.78 is 20.1. The molecular formula is C22H19FN2O3. The summed E-state index contributed by atoms with van der Waals surface area (Å²) in [6.07, 6.45) is -0.461. The SMILES string of the molecule is NNC(=O)c1ccc(C(=O)COC(c2ccccc2)c2ccccc2)c(F)c1. The van der Waals surface area contributed by atoms with E-state index < -0.39 is 23.6 Å². The van der Waals surface area contributed by atoms with Crippen LogP contribution in [0.5, 0.6) is 0 Å². The van der Waals surface area contributed by atoms with Crippen LogP contribution in [-0.4, -0.2) is 18.3 Å². The Hall–Kier alpha value is -3.35. The van der Waals surface area contributed by atoms with Gasteiger partial charge in [0.15, 0.2) is 5.78 Å². The molecule has 28 heavy (non-hydrogen) atoms.